The second-order valence-electron chi connectivity index (χ2n) is 15.1. The van der Waals surface area contributed by atoms with Gasteiger partial charge in [-0.1, -0.05) is 53.2 Å². The number of halogens is 1. The predicted octanol–water partition coefficient (Wildman–Crippen LogP) is 9.05. The second kappa shape index (κ2) is 8.96. The molecule has 0 amide bonds. The fourth-order valence-electron chi connectivity index (χ4n) is 12.2. The van der Waals surface area contributed by atoms with Crippen molar-refractivity contribution in [2.45, 2.75) is 124 Å². The predicted molar refractivity (Wildman–Crippen MR) is 150 cm³/mol. The summed E-state index contributed by atoms with van der Waals surface area (Å²) in [5, 5.41) is 4.06. The van der Waals surface area contributed by atoms with E-state index in [9.17, 15) is 4.39 Å². The molecule has 0 saturated heterocycles. The van der Waals surface area contributed by atoms with Gasteiger partial charge in [-0.2, -0.15) is 0 Å². The Balaban J connectivity index is 1.29. The molecular weight excluding hydrogens is 441 g/mol. The van der Waals surface area contributed by atoms with Gasteiger partial charge in [0.25, 0.3) is 0 Å². The van der Waals surface area contributed by atoms with Crippen molar-refractivity contribution in [3.8, 4) is 0 Å². The molecule has 4 saturated carbocycles. The van der Waals surface area contributed by atoms with Crippen LogP contribution in [0.25, 0.3) is 0 Å². The highest BCUT2D eigenvalue weighted by Crippen LogP contribution is 2.75. The Bertz CT molecular complexity index is 920. The molecule has 0 spiro atoms. The lowest BCUT2D eigenvalue weighted by Gasteiger charge is -2.71. The van der Waals surface area contributed by atoms with Crippen LogP contribution < -0.4 is 5.32 Å². The van der Waals surface area contributed by atoms with Crippen molar-refractivity contribution in [1.82, 2.24) is 5.32 Å². The Kier molecular flexibility index (Phi) is 6.38. The molecule has 6 rings (SSSR count). The first-order valence-corrected chi connectivity index (χ1v) is 15.9. The molecule has 10 atom stereocenters. The van der Waals surface area contributed by atoms with Gasteiger partial charge < -0.3 is 5.32 Å². The standard InChI is InChI=1S/C34H54FN/c1-6-36-34-17-7-8-29(34)28-13-14-30-31(3)18-15-26(25-11-9-24(22-35)10-12-25)23(2)27(31)16-19-33(30,5)32(28,4)20-21-34/h11,15,23-24,27-30,36H,6-10,12-14,16-22H2,1-5H3/t23?,24?,27?,28?,29?,30?,31?,32-,33?,34?/m1/s1. The Morgan fingerprint density at radius 3 is 2.44 bits per heavy atom. The molecule has 0 bridgehead atoms. The molecule has 1 nitrogen and oxygen atoms in total. The van der Waals surface area contributed by atoms with Crippen molar-refractivity contribution in [2.24, 2.45) is 51.8 Å². The molecule has 202 valence electrons. The molecule has 0 radical (unpaired) electrons. The maximum absolute atomic E-state index is 13.2. The molecule has 2 heteroatoms. The molecule has 6 aliphatic carbocycles. The van der Waals surface area contributed by atoms with Gasteiger partial charge in [0, 0.05) is 5.54 Å². The molecule has 1 N–H and O–H groups in total. The van der Waals surface area contributed by atoms with Gasteiger partial charge in [-0.15, -0.1) is 0 Å². The van der Waals surface area contributed by atoms with E-state index >= 15 is 0 Å². The molecule has 0 aromatic heterocycles. The van der Waals surface area contributed by atoms with Crippen LogP contribution in [0.5, 0.6) is 0 Å². The highest BCUT2D eigenvalue weighted by molar-refractivity contribution is 5.38. The molecule has 0 heterocycles. The smallest absolute Gasteiger partial charge is 0.0925 e. The van der Waals surface area contributed by atoms with Gasteiger partial charge in [-0.25, -0.2) is 0 Å². The van der Waals surface area contributed by atoms with E-state index < -0.39 is 0 Å². The van der Waals surface area contributed by atoms with Crippen LogP contribution in [0.1, 0.15) is 118 Å². The zero-order valence-corrected chi connectivity index (χ0v) is 24.1. The molecule has 6 aliphatic rings. The minimum absolute atomic E-state index is 0.143. The lowest BCUT2D eigenvalue weighted by atomic mass is 9.34. The maximum Gasteiger partial charge on any atom is 0.0925 e. The minimum Gasteiger partial charge on any atom is -0.311 e. The van der Waals surface area contributed by atoms with Crippen molar-refractivity contribution in [1.29, 1.82) is 0 Å². The number of rotatable bonds is 4. The normalized spacial score (nSPS) is 52.4. The van der Waals surface area contributed by atoms with Crippen molar-refractivity contribution in [3.63, 3.8) is 0 Å². The Hall–Kier alpha value is -0.630. The third-order valence-electron chi connectivity index (χ3n) is 14.2. The second-order valence-corrected chi connectivity index (χ2v) is 15.1. The first-order valence-electron chi connectivity index (χ1n) is 15.9. The minimum atomic E-state index is -0.143. The van der Waals surface area contributed by atoms with Crippen LogP contribution in [-0.2, 0) is 0 Å². The summed E-state index contributed by atoms with van der Waals surface area (Å²) in [6, 6.07) is 0. The van der Waals surface area contributed by atoms with Crippen LogP contribution in [0.15, 0.2) is 23.3 Å². The Labute approximate surface area is 221 Å². The van der Waals surface area contributed by atoms with E-state index in [0.717, 1.165) is 49.5 Å². The fourth-order valence-corrected chi connectivity index (χ4v) is 12.2. The average molecular weight is 496 g/mol. The van der Waals surface area contributed by atoms with Gasteiger partial charge in [-0.05, 0) is 146 Å². The number of hydrogen-bond acceptors (Lipinski definition) is 1. The molecule has 9 unspecified atom stereocenters. The average Bonchev–Trinajstić information content (AvgIpc) is 3.29. The van der Waals surface area contributed by atoms with E-state index in [4.69, 9.17) is 0 Å². The summed E-state index contributed by atoms with van der Waals surface area (Å²) in [4.78, 5) is 0. The summed E-state index contributed by atoms with van der Waals surface area (Å²) < 4.78 is 13.2. The fraction of sp³-hybridized carbons (Fsp3) is 0.882. The van der Waals surface area contributed by atoms with Crippen LogP contribution in [-0.4, -0.2) is 18.8 Å². The van der Waals surface area contributed by atoms with Crippen LogP contribution >= 0.6 is 0 Å². The number of hydrogen-bond donors (Lipinski definition) is 1. The molecule has 0 aromatic rings. The number of alkyl halides is 1. The van der Waals surface area contributed by atoms with E-state index in [-0.39, 0.29) is 12.6 Å². The van der Waals surface area contributed by atoms with Crippen LogP contribution in [0.2, 0.25) is 0 Å². The lowest BCUT2D eigenvalue weighted by Crippen LogP contribution is -2.66. The van der Waals surface area contributed by atoms with Crippen LogP contribution in [0, 0.1) is 51.8 Å². The number of fused-ring (bicyclic) bond motifs is 7. The van der Waals surface area contributed by atoms with Crippen LogP contribution in [0.3, 0.4) is 0 Å². The SMILES string of the molecule is CCNC12CCCC1C1CCC3C4(C)CC=C(C5=CCC(CF)CC5)C(C)C4CCC3(C)[C@]1(C)CC2. The molecular formula is C34H54FN. The lowest BCUT2D eigenvalue weighted by molar-refractivity contribution is -0.212. The van der Waals surface area contributed by atoms with E-state index in [1.807, 2.05) is 0 Å². The van der Waals surface area contributed by atoms with Gasteiger partial charge in [0.05, 0.1) is 6.67 Å². The quantitative estimate of drug-likeness (QED) is 0.410. The van der Waals surface area contributed by atoms with E-state index in [1.54, 1.807) is 11.1 Å². The van der Waals surface area contributed by atoms with Gasteiger partial charge in [0.15, 0.2) is 0 Å². The highest BCUT2D eigenvalue weighted by atomic mass is 19.1. The zero-order valence-electron chi connectivity index (χ0n) is 24.1. The number of nitrogens with one attached hydrogen (secondary N) is 1. The van der Waals surface area contributed by atoms with Gasteiger partial charge >= 0.3 is 0 Å². The summed E-state index contributed by atoms with van der Waals surface area (Å²) in [6.07, 6.45) is 22.4. The molecule has 0 aliphatic heterocycles. The third kappa shape index (κ3) is 3.40. The zero-order chi connectivity index (χ0) is 25.3. The van der Waals surface area contributed by atoms with E-state index in [1.165, 1.54) is 64.2 Å². The summed E-state index contributed by atoms with van der Waals surface area (Å²) in [5.41, 5.74) is 5.09. The number of allylic oxidation sites excluding steroid dienone is 4. The maximum atomic E-state index is 13.2. The van der Waals surface area contributed by atoms with Gasteiger partial charge in [0.1, 0.15) is 0 Å². The monoisotopic (exact) mass is 495 g/mol. The topological polar surface area (TPSA) is 12.0 Å². The molecule has 36 heavy (non-hydrogen) atoms. The molecule has 4 fully saturated rings. The summed E-state index contributed by atoms with van der Waals surface area (Å²) in [5.74, 6) is 4.42. The largest absolute Gasteiger partial charge is 0.311 e. The van der Waals surface area contributed by atoms with Crippen LogP contribution in [0.4, 0.5) is 4.39 Å². The van der Waals surface area contributed by atoms with Crippen molar-refractivity contribution < 1.29 is 4.39 Å². The van der Waals surface area contributed by atoms with Gasteiger partial charge in [-0.3, -0.25) is 4.39 Å². The van der Waals surface area contributed by atoms with Crippen molar-refractivity contribution >= 4 is 0 Å². The third-order valence-corrected chi connectivity index (χ3v) is 14.2. The van der Waals surface area contributed by atoms with E-state index in [2.05, 4.69) is 52.1 Å². The van der Waals surface area contributed by atoms with E-state index in [0.29, 0.717) is 27.7 Å². The Morgan fingerprint density at radius 2 is 1.72 bits per heavy atom. The first-order chi connectivity index (χ1) is 17.2. The molecule has 0 aromatic carbocycles. The van der Waals surface area contributed by atoms with Crippen molar-refractivity contribution in [2.75, 3.05) is 13.2 Å². The summed E-state index contributed by atoms with van der Waals surface area (Å²) in [6.45, 7) is 14.1. The van der Waals surface area contributed by atoms with Gasteiger partial charge in [0.2, 0.25) is 0 Å². The summed E-state index contributed by atoms with van der Waals surface area (Å²) >= 11 is 0. The van der Waals surface area contributed by atoms with Crippen molar-refractivity contribution in [3.05, 3.63) is 23.3 Å². The first kappa shape index (κ1) is 25.6. The Morgan fingerprint density at radius 1 is 0.889 bits per heavy atom. The summed E-state index contributed by atoms with van der Waals surface area (Å²) in [7, 11) is 0. The highest BCUT2D eigenvalue weighted by Gasteiger charge is 2.68.